The van der Waals surface area contributed by atoms with Crippen LogP contribution in [0.15, 0.2) is 34.6 Å². The quantitative estimate of drug-likeness (QED) is 0.626. The molecule has 0 heterocycles. The maximum Gasteiger partial charge on any atom is 0.0178 e. The predicted octanol–water partition coefficient (Wildman–Crippen LogP) is 2.78. The van der Waals surface area contributed by atoms with E-state index in [4.69, 9.17) is 0 Å². The zero-order valence-corrected chi connectivity index (χ0v) is 8.36. The molecule has 0 aliphatic heterocycles. The molecule has 0 spiro atoms. The fraction of sp³-hybridized carbons (Fsp3) is 0.455. The van der Waals surface area contributed by atoms with Crippen molar-refractivity contribution in [2.75, 3.05) is 7.05 Å². The van der Waals surface area contributed by atoms with Gasteiger partial charge in [0.05, 0.1) is 0 Å². The van der Waals surface area contributed by atoms with Crippen LogP contribution in [0.4, 0.5) is 0 Å². The Morgan fingerprint density at radius 3 is 2.58 bits per heavy atom. The highest BCUT2D eigenvalue weighted by atomic mass is 14.8. The number of nitrogens with one attached hydrogen (secondary N) is 1. The first kappa shape index (κ1) is 9.11. The van der Waals surface area contributed by atoms with Crippen molar-refractivity contribution in [3.8, 4) is 0 Å². The highest BCUT2D eigenvalue weighted by molar-refractivity contribution is 5.47. The maximum atomic E-state index is 3.23. The molecule has 0 radical (unpaired) electrons. The summed E-state index contributed by atoms with van der Waals surface area (Å²) in [5, 5.41) is 3.23. The molecule has 1 N–H and O–H groups in total. The van der Waals surface area contributed by atoms with Crippen LogP contribution in [0.5, 0.6) is 0 Å². The zero-order valence-electron chi connectivity index (χ0n) is 8.36. The molecule has 1 aliphatic rings. The molecule has 0 bridgehead atoms. The summed E-state index contributed by atoms with van der Waals surface area (Å²) in [6.07, 6.45) is 5.46. The summed E-state index contributed by atoms with van der Waals surface area (Å²) < 4.78 is 0. The van der Waals surface area contributed by atoms with E-state index in [1.807, 2.05) is 7.05 Å². The van der Waals surface area contributed by atoms with E-state index in [-0.39, 0.29) is 0 Å². The highest BCUT2D eigenvalue weighted by Gasteiger charge is 2.08. The lowest BCUT2D eigenvalue weighted by atomic mass is 9.95. The molecule has 12 heavy (non-hydrogen) atoms. The van der Waals surface area contributed by atoms with Crippen molar-refractivity contribution < 1.29 is 0 Å². The fourth-order valence-corrected chi connectivity index (χ4v) is 1.57. The van der Waals surface area contributed by atoms with Crippen LogP contribution >= 0.6 is 0 Å². The van der Waals surface area contributed by atoms with Gasteiger partial charge < -0.3 is 5.32 Å². The van der Waals surface area contributed by atoms with Crippen LogP contribution in [0.25, 0.3) is 0 Å². The fourth-order valence-electron chi connectivity index (χ4n) is 1.57. The number of hydrogen-bond donors (Lipinski definition) is 1. The lowest BCUT2D eigenvalue weighted by Crippen LogP contribution is -2.10. The maximum absolute atomic E-state index is 3.23. The van der Waals surface area contributed by atoms with Gasteiger partial charge in [-0.2, -0.15) is 0 Å². The van der Waals surface area contributed by atoms with Gasteiger partial charge in [-0.3, -0.25) is 0 Å². The lowest BCUT2D eigenvalue weighted by molar-refractivity contribution is 0.902. The molecular formula is C11H17N. The molecule has 0 atom stereocenters. The van der Waals surface area contributed by atoms with Gasteiger partial charge in [0.25, 0.3) is 0 Å². The van der Waals surface area contributed by atoms with Crippen molar-refractivity contribution in [1.82, 2.24) is 5.32 Å². The summed E-state index contributed by atoms with van der Waals surface area (Å²) in [5.74, 6) is 0. The normalized spacial score (nSPS) is 16.8. The van der Waals surface area contributed by atoms with E-state index in [2.05, 4.69) is 38.2 Å². The van der Waals surface area contributed by atoms with Crippen LogP contribution in [0.3, 0.4) is 0 Å². The second-order valence-electron chi connectivity index (χ2n) is 3.37. The van der Waals surface area contributed by atoms with Gasteiger partial charge in [-0.1, -0.05) is 17.7 Å². The Bertz CT molecular complexity index is 263. The molecule has 1 aliphatic carbocycles. The Kier molecular flexibility index (Phi) is 2.74. The number of hydrogen-bond acceptors (Lipinski definition) is 1. The van der Waals surface area contributed by atoms with Crippen molar-refractivity contribution in [2.24, 2.45) is 0 Å². The van der Waals surface area contributed by atoms with Crippen molar-refractivity contribution in [2.45, 2.75) is 27.2 Å². The van der Waals surface area contributed by atoms with E-state index in [1.54, 1.807) is 0 Å². The minimum atomic E-state index is 1.04. The van der Waals surface area contributed by atoms with E-state index in [9.17, 15) is 0 Å². The zero-order chi connectivity index (χ0) is 9.14. The summed E-state index contributed by atoms with van der Waals surface area (Å²) in [5.41, 5.74) is 5.50. The molecule has 0 amide bonds. The van der Waals surface area contributed by atoms with Gasteiger partial charge in [-0.05, 0) is 31.9 Å². The predicted molar refractivity (Wildman–Crippen MR) is 53.9 cm³/mol. The smallest absolute Gasteiger partial charge is 0.0178 e. The summed E-state index contributed by atoms with van der Waals surface area (Å²) in [7, 11) is 1.99. The van der Waals surface area contributed by atoms with Crippen LogP contribution in [0, 0.1) is 0 Å². The summed E-state index contributed by atoms with van der Waals surface area (Å²) >= 11 is 0. The van der Waals surface area contributed by atoms with Crippen LogP contribution in [0.2, 0.25) is 0 Å². The SMILES string of the molecule is CNC1=C(C)C(=C(C)C)C=CC1. The third kappa shape index (κ3) is 1.60. The lowest BCUT2D eigenvalue weighted by Gasteiger charge is -2.17. The van der Waals surface area contributed by atoms with E-state index in [1.165, 1.54) is 22.4 Å². The van der Waals surface area contributed by atoms with Crippen LogP contribution < -0.4 is 5.32 Å². The van der Waals surface area contributed by atoms with Crippen LogP contribution in [-0.4, -0.2) is 7.05 Å². The van der Waals surface area contributed by atoms with Gasteiger partial charge in [0.15, 0.2) is 0 Å². The molecular weight excluding hydrogens is 146 g/mol. The third-order valence-corrected chi connectivity index (χ3v) is 2.30. The van der Waals surface area contributed by atoms with Crippen LogP contribution in [-0.2, 0) is 0 Å². The number of rotatable bonds is 1. The summed E-state index contributed by atoms with van der Waals surface area (Å²) in [6, 6.07) is 0. The largest absolute Gasteiger partial charge is 0.391 e. The molecule has 1 nitrogen and oxygen atoms in total. The van der Waals surface area contributed by atoms with Gasteiger partial charge in [0.1, 0.15) is 0 Å². The number of allylic oxidation sites excluding steroid dienone is 5. The van der Waals surface area contributed by atoms with Gasteiger partial charge in [-0.15, -0.1) is 0 Å². The van der Waals surface area contributed by atoms with Gasteiger partial charge >= 0.3 is 0 Å². The molecule has 0 fully saturated rings. The molecule has 1 heteroatoms. The molecule has 66 valence electrons. The standard InChI is InChI=1S/C11H17N/c1-8(2)10-6-5-7-11(12-4)9(10)3/h5-6,12H,7H2,1-4H3. The molecule has 0 aromatic heterocycles. The molecule has 0 aromatic rings. The second-order valence-corrected chi connectivity index (χ2v) is 3.37. The van der Waals surface area contributed by atoms with E-state index in [0.29, 0.717) is 0 Å². The second kappa shape index (κ2) is 3.61. The third-order valence-electron chi connectivity index (χ3n) is 2.30. The average Bonchev–Trinajstić information content (AvgIpc) is 2.04. The average molecular weight is 163 g/mol. The highest BCUT2D eigenvalue weighted by Crippen LogP contribution is 2.24. The van der Waals surface area contributed by atoms with Crippen molar-refractivity contribution in [1.29, 1.82) is 0 Å². The van der Waals surface area contributed by atoms with Gasteiger partial charge in [0, 0.05) is 19.2 Å². The summed E-state index contributed by atoms with van der Waals surface area (Å²) in [6.45, 7) is 6.49. The first-order chi connectivity index (χ1) is 5.66. The Balaban J connectivity index is 3.07. The minimum absolute atomic E-state index is 1.04. The molecule has 0 saturated heterocycles. The first-order valence-electron chi connectivity index (χ1n) is 4.38. The van der Waals surface area contributed by atoms with Crippen molar-refractivity contribution in [3.05, 3.63) is 34.6 Å². The van der Waals surface area contributed by atoms with Gasteiger partial charge in [0.2, 0.25) is 0 Å². The Hall–Kier alpha value is -0.980. The van der Waals surface area contributed by atoms with Crippen LogP contribution in [0.1, 0.15) is 27.2 Å². The Morgan fingerprint density at radius 2 is 2.08 bits per heavy atom. The van der Waals surface area contributed by atoms with E-state index in [0.717, 1.165) is 6.42 Å². The summed E-state index contributed by atoms with van der Waals surface area (Å²) in [4.78, 5) is 0. The molecule has 0 aromatic carbocycles. The monoisotopic (exact) mass is 163 g/mol. The van der Waals surface area contributed by atoms with Crippen molar-refractivity contribution >= 4 is 0 Å². The molecule has 1 rings (SSSR count). The first-order valence-corrected chi connectivity index (χ1v) is 4.38. The molecule has 0 saturated carbocycles. The topological polar surface area (TPSA) is 12.0 Å². The van der Waals surface area contributed by atoms with E-state index >= 15 is 0 Å². The van der Waals surface area contributed by atoms with E-state index < -0.39 is 0 Å². The molecule has 0 unspecified atom stereocenters. The Labute approximate surface area is 74.9 Å². The Morgan fingerprint density at radius 1 is 1.42 bits per heavy atom. The van der Waals surface area contributed by atoms with Gasteiger partial charge in [-0.25, -0.2) is 0 Å². The van der Waals surface area contributed by atoms with Crippen molar-refractivity contribution in [3.63, 3.8) is 0 Å². The minimum Gasteiger partial charge on any atom is -0.391 e.